The van der Waals surface area contributed by atoms with Gasteiger partial charge < -0.3 is 0 Å². The first-order valence-corrected chi connectivity index (χ1v) is 9.95. The van der Waals surface area contributed by atoms with Crippen molar-refractivity contribution in [1.82, 2.24) is 0 Å². The Balaban J connectivity index is 2.24. The molecule has 112 valence electrons. The van der Waals surface area contributed by atoms with E-state index in [1.54, 1.807) is 0 Å². The predicted molar refractivity (Wildman–Crippen MR) is 110 cm³/mol. The third-order valence-electron chi connectivity index (χ3n) is 4.10. The summed E-state index contributed by atoms with van der Waals surface area (Å²) in [4.78, 5) is 0. The molecule has 3 atom stereocenters. The number of rotatable bonds is 4. The molecular weight excluding hydrogens is 321 g/mol. The highest BCUT2D eigenvalue weighted by Crippen LogP contribution is 2.33. The molecule has 3 heteroatoms. The molecule has 0 radical (unpaired) electrons. The molecule has 0 amide bonds. The van der Waals surface area contributed by atoms with Crippen LogP contribution in [0.2, 0.25) is 0 Å². The SMILES string of the molecule is PCc1ccc(-c2cccc3c(CP)cc(CP)cc23)cc1. The monoisotopic (exact) mass is 342 g/mol. The van der Waals surface area contributed by atoms with Crippen molar-refractivity contribution in [2.45, 2.75) is 18.5 Å². The fourth-order valence-corrected chi connectivity index (χ4v) is 3.73. The highest BCUT2D eigenvalue weighted by atomic mass is 31.0. The van der Waals surface area contributed by atoms with Crippen LogP contribution in [0.4, 0.5) is 0 Å². The third kappa shape index (κ3) is 3.12. The second-order valence-corrected chi connectivity index (χ2v) is 6.69. The normalized spacial score (nSPS) is 11.0. The summed E-state index contributed by atoms with van der Waals surface area (Å²) in [6, 6.07) is 20.2. The summed E-state index contributed by atoms with van der Waals surface area (Å²) in [5.41, 5.74) is 6.76. The van der Waals surface area contributed by atoms with E-state index in [-0.39, 0.29) is 0 Å². The molecule has 0 heterocycles. The summed E-state index contributed by atoms with van der Waals surface area (Å²) in [7, 11) is 8.47. The van der Waals surface area contributed by atoms with Crippen LogP contribution in [0.5, 0.6) is 0 Å². The van der Waals surface area contributed by atoms with Gasteiger partial charge in [0.1, 0.15) is 0 Å². The second-order valence-electron chi connectivity index (χ2n) is 5.46. The lowest BCUT2D eigenvalue weighted by Gasteiger charge is -2.12. The fourth-order valence-electron chi connectivity index (χ4n) is 2.89. The van der Waals surface area contributed by atoms with Crippen LogP contribution < -0.4 is 0 Å². The van der Waals surface area contributed by atoms with Crippen molar-refractivity contribution in [3.8, 4) is 11.1 Å². The average molecular weight is 342 g/mol. The van der Waals surface area contributed by atoms with Crippen LogP contribution in [0.1, 0.15) is 16.7 Å². The van der Waals surface area contributed by atoms with Gasteiger partial charge in [-0.1, -0.05) is 54.6 Å². The van der Waals surface area contributed by atoms with E-state index >= 15 is 0 Å². The van der Waals surface area contributed by atoms with E-state index in [4.69, 9.17) is 0 Å². The highest BCUT2D eigenvalue weighted by molar-refractivity contribution is 7.15. The lowest BCUT2D eigenvalue weighted by atomic mass is 9.94. The van der Waals surface area contributed by atoms with Crippen molar-refractivity contribution in [2.24, 2.45) is 0 Å². The van der Waals surface area contributed by atoms with Crippen molar-refractivity contribution >= 4 is 38.5 Å². The Morgan fingerprint density at radius 3 is 2.00 bits per heavy atom. The van der Waals surface area contributed by atoms with Crippen molar-refractivity contribution in [2.75, 3.05) is 0 Å². The summed E-state index contributed by atoms with van der Waals surface area (Å²) < 4.78 is 0. The first-order chi connectivity index (χ1) is 10.8. The molecular formula is C19H21P3. The second kappa shape index (κ2) is 7.19. The quantitative estimate of drug-likeness (QED) is 0.539. The summed E-state index contributed by atoms with van der Waals surface area (Å²) >= 11 is 0. The Hall–Kier alpha value is -0.790. The largest absolute Gasteiger partial charge is 0.133 e. The Labute approximate surface area is 139 Å². The Kier molecular flexibility index (Phi) is 5.25. The molecule has 3 aromatic carbocycles. The smallest absolute Gasteiger partial charge is 0.00997 e. The van der Waals surface area contributed by atoms with Crippen LogP contribution in [0.3, 0.4) is 0 Å². The molecule has 3 unspecified atom stereocenters. The number of hydrogen-bond acceptors (Lipinski definition) is 0. The highest BCUT2D eigenvalue weighted by Gasteiger charge is 2.08. The first kappa shape index (κ1) is 16.1. The maximum atomic E-state index is 2.86. The summed E-state index contributed by atoms with van der Waals surface area (Å²) in [5, 5.41) is 2.73. The maximum absolute atomic E-state index is 2.86. The Morgan fingerprint density at radius 1 is 0.636 bits per heavy atom. The lowest BCUT2D eigenvalue weighted by Crippen LogP contribution is -1.90. The van der Waals surface area contributed by atoms with Gasteiger partial charge in [0.25, 0.3) is 0 Å². The third-order valence-corrected chi connectivity index (χ3v) is 5.48. The van der Waals surface area contributed by atoms with Crippen molar-refractivity contribution in [3.05, 3.63) is 71.3 Å². The van der Waals surface area contributed by atoms with E-state index in [0.29, 0.717) is 0 Å². The zero-order chi connectivity index (χ0) is 15.5. The molecule has 0 spiro atoms. The molecule has 0 aliphatic carbocycles. The zero-order valence-corrected chi connectivity index (χ0v) is 16.0. The zero-order valence-electron chi connectivity index (χ0n) is 12.5. The summed E-state index contributed by atoms with van der Waals surface area (Å²) in [5.74, 6) is 0. The summed E-state index contributed by atoms with van der Waals surface area (Å²) in [6.45, 7) is 0. The molecule has 0 fully saturated rings. The Morgan fingerprint density at radius 2 is 1.36 bits per heavy atom. The van der Waals surface area contributed by atoms with Crippen LogP contribution in [0, 0.1) is 0 Å². The van der Waals surface area contributed by atoms with E-state index in [1.807, 2.05) is 0 Å². The van der Waals surface area contributed by atoms with Gasteiger partial charge in [0, 0.05) is 0 Å². The predicted octanol–water partition coefficient (Wildman–Crippen LogP) is 5.63. The van der Waals surface area contributed by atoms with Gasteiger partial charge in [0.2, 0.25) is 0 Å². The van der Waals surface area contributed by atoms with Gasteiger partial charge in [-0.2, -0.15) is 0 Å². The lowest BCUT2D eigenvalue weighted by molar-refractivity contribution is 1.37. The van der Waals surface area contributed by atoms with E-state index in [0.717, 1.165) is 18.5 Å². The van der Waals surface area contributed by atoms with Gasteiger partial charge in [0.05, 0.1) is 0 Å². The molecule has 0 saturated carbocycles. The minimum atomic E-state index is 0.991. The molecule has 0 aromatic heterocycles. The molecule has 0 nitrogen and oxygen atoms in total. The van der Waals surface area contributed by atoms with Crippen molar-refractivity contribution in [3.63, 3.8) is 0 Å². The molecule has 0 bridgehead atoms. The standard InChI is InChI=1S/C19H21P3/c20-10-13-4-6-15(7-5-13)17-2-1-3-18-16(12-22)8-14(11-21)9-19(17)18/h1-9H,10-12,20-22H2. The van der Waals surface area contributed by atoms with Gasteiger partial charge in [0.15, 0.2) is 0 Å². The number of hydrogen-bond donors (Lipinski definition) is 0. The van der Waals surface area contributed by atoms with Crippen LogP contribution in [-0.4, -0.2) is 0 Å². The minimum Gasteiger partial charge on any atom is -0.133 e. The van der Waals surface area contributed by atoms with E-state index < -0.39 is 0 Å². The summed E-state index contributed by atoms with van der Waals surface area (Å²) in [6.07, 6.45) is 2.99. The number of fused-ring (bicyclic) bond motifs is 1. The topological polar surface area (TPSA) is 0 Å². The van der Waals surface area contributed by atoms with E-state index in [1.165, 1.54) is 38.6 Å². The molecule has 3 aromatic rings. The minimum absolute atomic E-state index is 0.991. The molecule has 3 rings (SSSR count). The molecule has 22 heavy (non-hydrogen) atoms. The Bertz CT molecular complexity index is 792. The van der Waals surface area contributed by atoms with E-state index in [2.05, 4.69) is 82.3 Å². The molecule has 0 aliphatic rings. The fraction of sp³-hybridized carbons (Fsp3) is 0.158. The van der Waals surface area contributed by atoms with Crippen LogP contribution in [-0.2, 0) is 18.5 Å². The van der Waals surface area contributed by atoms with Crippen molar-refractivity contribution in [1.29, 1.82) is 0 Å². The molecule has 0 saturated heterocycles. The average Bonchev–Trinajstić information content (AvgIpc) is 2.60. The van der Waals surface area contributed by atoms with Crippen LogP contribution in [0.15, 0.2) is 54.6 Å². The molecule has 0 N–H and O–H groups in total. The van der Waals surface area contributed by atoms with Gasteiger partial charge in [-0.15, -0.1) is 27.7 Å². The van der Waals surface area contributed by atoms with Gasteiger partial charge >= 0.3 is 0 Å². The van der Waals surface area contributed by atoms with Gasteiger partial charge in [-0.05, 0) is 57.1 Å². The van der Waals surface area contributed by atoms with Gasteiger partial charge in [-0.25, -0.2) is 0 Å². The van der Waals surface area contributed by atoms with Crippen LogP contribution >= 0.6 is 27.7 Å². The maximum Gasteiger partial charge on any atom is -0.00997 e. The van der Waals surface area contributed by atoms with Crippen LogP contribution in [0.25, 0.3) is 21.9 Å². The van der Waals surface area contributed by atoms with Crippen molar-refractivity contribution < 1.29 is 0 Å². The first-order valence-electron chi connectivity index (χ1n) is 7.51. The number of benzene rings is 3. The van der Waals surface area contributed by atoms with Gasteiger partial charge in [-0.3, -0.25) is 0 Å². The van der Waals surface area contributed by atoms with E-state index in [9.17, 15) is 0 Å². The molecule has 0 aliphatic heterocycles.